The second kappa shape index (κ2) is 6.39. The van der Waals surface area contributed by atoms with Gasteiger partial charge in [0.25, 0.3) is 0 Å². The topological polar surface area (TPSA) is 54.8 Å². The molecule has 1 fully saturated rings. The molecule has 5 nitrogen and oxygen atoms in total. The van der Waals surface area contributed by atoms with Crippen LogP contribution in [0.4, 0.5) is 24.7 Å². The molecule has 1 aromatic heterocycles. The zero-order valence-corrected chi connectivity index (χ0v) is 14.3. The Labute approximate surface area is 150 Å². The Morgan fingerprint density at radius 3 is 2.62 bits per heavy atom. The molecule has 2 aliphatic heterocycles. The molecule has 0 saturated carbocycles. The van der Waals surface area contributed by atoms with Crippen molar-refractivity contribution in [1.82, 2.24) is 4.98 Å². The second-order valence-corrected chi connectivity index (χ2v) is 7.62. The molecule has 0 aliphatic carbocycles. The van der Waals surface area contributed by atoms with Crippen LogP contribution in [0.3, 0.4) is 0 Å². The quantitative estimate of drug-likeness (QED) is 0.700. The highest BCUT2D eigenvalue weighted by Crippen LogP contribution is 2.37. The number of nitrogens with zero attached hydrogens (tertiary/aromatic N) is 3. The predicted molar refractivity (Wildman–Crippen MR) is 92.8 cm³/mol. The third-order valence-electron chi connectivity index (χ3n) is 4.21. The van der Waals surface area contributed by atoms with Crippen molar-refractivity contribution in [1.29, 1.82) is 0 Å². The van der Waals surface area contributed by atoms with Crippen molar-refractivity contribution in [2.45, 2.75) is 6.36 Å². The van der Waals surface area contributed by atoms with Crippen molar-refractivity contribution in [2.75, 3.05) is 29.5 Å². The maximum absolute atomic E-state index is 12.4. The molecule has 1 aromatic carbocycles. The Bertz CT molecular complexity index is 904. The van der Waals surface area contributed by atoms with Gasteiger partial charge in [-0.3, -0.25) is 4.21 Å². The van der Waals surface area contributed by atoms with Gasteiger partial charge in [-0.2, -0.15) is 0 Å². The summed E-state index contributed by atoms with van der Waals surface area (Å²) in [6.45, 7) is 1.32. The fourth-order valence-electron chi connectivity index (χ4n) is 2.95. The molecule has 0 radical (unpaired) electrons. The SMILES string of the molecule is O=S1CCN(c2cc(C3=Nc4ccc(OC(F)(F)F)cc43)ccn2)CC1. The molecule has 0 unspecified atom stereocenters. The fourth-order valence-corrected chi connectivity index (χ4v) is 4.01. The number of halogens is 3. The molecule has 3 heterocycles. The summed E-state index contributed by atoms with van der Waals surface area (Å²) in [5, 5.41) is 0. The van der Waals surface area contributed by atoms with Gasteiger partial charge in [0.2, 0.25) is 0 Å². The van der Waals surface area contributed by atoms with Crippen molar-refractivity contribution in [3.63, 3.8) is 0 Å². The average molecular weight is 381 g/mol. The first-order valence-corrected chi connectivity index (χ1v) is 9.43. The lowest BCUT2D eigenvalue weighted by atomic mass is 9.96. The summed E-state index contributed by atoms with van der Waals surface area (Å²) >= 11 is 0. The molecule has 2 aliphatic rings. The molecule has 0 spiro atoms. The number of fused-ring (bicyclic) bond motifs is 1. The van der Waals surface area contributed by atoms with Crippen LogP contribution >= 0.6 is 0 Å². The number of anilines is 1. The number of ether oxygens (including phenoxy) is 1. The summed E-state index contributed by atoms with van der Waals surface area (Å²) in [4.78, 5) is 10.8. The number of aliphatic imine (C=N–C) groups is 1. The monoisotopic (exact) mass is 381 g/mol. The van der Waals surface area contributed by atoms with Crippen LogP contribution in [0.25, 0.3) is 0 Å². The molecule has 0 atom stereocenters. The van der Waals surface area contributed by atoms with E-state index in [1.54, 1.807) is 12.3 Å². The van der Waals surface area contributed by atoms with Gasteiger partial charge in [0.15, 0.2) is 0 Å². The average Bonchev–Trinajstić information content (AvgIpc) is 2.57. The van der Waals surface area contributed by atoms with Crippen LogP contribution in [0.1, 0.15) is 11.1 Å². The van der Waals surface area contributed by atoms with E-state index in [9.17, 15) is 17.4 Å². The summed E-state index contributed by atoms with van der Waals surface area (Å²) in [6, 6.07) is 7.72. The van der Waals surface area contributed by atoms with Crippen molar-refractivity contribution in [3.05, 3.63) is 47.7 Å². The molecular weight excluding hydrogens is 367 g/mol. The van der Waals surface area contributed by atoms with Crippen LogP contribution < -0.4 is 9.64 Å². The Morgan fingerprint density at radius 1 is 1.12 bits per heavy atom. The number of alkyl halides is 3. The Morgan fingerprint density at radius 2 is 1.88 bits per heavy atom. The van der Waals surface area contributed by atoms with Gasteiger partial charge < -0.3 is 9.64 Å². The van der Waals surface area contributed by atoms with Gasteiger partial charge in [-0.05, 0) is 30.3 Å². The van der Waals surface area contributed by atoms with Gasteiger partial charge in [0.05, 0.1) is 11.4 Å². The van der Waals surface area contributed by atoms with Crippen molar-refractivity contribution in [3.8, 4) is 5.75 Å². The largest absolute Gasteiger partial charge is 0.573 e. The van der Waals surface area contributed by atoms with E-state index in [-0.39, 0.29) is 5.75 Å². The lowest BCUT2D eigenvalue weighted by molar-refractivity contribution is -0.274. The molecular formula is C17H14F3N3O2S. The zero-order valence-electron chi connectivity index (χ0n) is 13.5. The van der Waals surface area contributed by atoms with E-state index < -0.39 is 17.2 Å². The number of hydrogen-bond donors (Lipinski definition) is 0. The summed E-state index contributed by atoms with van der Waals surface area (Å²) in [5.41, 5.74) is 2.63. The van der Waals surface area contributed by atoms with Crippen LogP contribution in [-0.2, 0) is 10.8 Å². The third kappa shape index (κ3) is 3.44. The van der Waals surface area contributed by atoms with Crippen molar-refractivity contribution in [2.24, 2.45) is 4.99 Å². The molecule has 136 valence electrons. The number of rotatable bonds is 3. The first kappa shape index (κ1) is 17.0. The highest BCUT2D eigenvalue weighted by Gasteiger charge is 2.32. The highest BCUT2D eigenvalue weighted by atomic mass is 32.2. The predicted octanol–water partition coefficient (Wildman–Crippen LogP) is 3.03. The zero-order chi connectivity index (χ0) is 18.3. The standard InChI is InChI=1S/C17H14F3N3O2S/c18-17(19,20)25-12-1-2-14-13(10-12)16(22-14)11-3-4-21-15(9-11)23-5-7-26(24)8-6-23/h1-4,9-10H,5-8H2. The van der Waals surface area contributed by atoms with Gasteiger partial charge in [-0.15, -0.1) is 13.2 Å². The first-order chi connectivity index (χ1) is 12.4. The molecule has 1 saturated heterocycles. The number of aromatic nitrogens is 1. The molecule has 9 heteroatoms. The van der Waals surface area contributed by atoms with E-state index in [2.05, 4.69) is 14.7 Å². The highest BCUT2D eigenvalue weighted by molar-refractivity contribution is 7.85. The Balaban J connectivity index is 1.57. The molecule has 2 aromatic rings. The minimum Gasteiger partial charge on any atom is -0.406 e. The Hall–Kier alpha value is -2.42. The van der Waals surface area contributed by atoms with E-state index >= 15 is 0 Å². The lowest BCUT2D eigenvalue weighted by Crippen LogP contribution is -2.38. The van der Waals surface area contributed by atoms with Crippen LogP contribution in [0.15, 0.2) is 41.5 Å². The third-order valence-corrected chi connectivity index (χ3v) is 5.49. The van der Waals surface area contributed by atoms with Gasteiger partial charge in [0.1, 0.15) is 11.6 Å². The lowest BCUT2D eigenvalue weighted by Gasteiger charge is -2.28. The molecule has 0 N–H and O–H groups in total. The molecule has 0 bridgehead atoms. The summed E-state index contributed by atoms with van der Waals surface area (Å²) < 4.78 is 52.7. The van der Waals surface area contributed by atoms with E-state index in [1.807, 2.05) is 11.0 Å². The molecule has 4 rings (SSSR count). The van der Waals surface area contributed by atoms with Crippen molar-refractivity contribution >= 4 is 28.0 Å². The van der Waals surface area contributed by atoms with Crippen molar-refractivity contribution < 1.29 is 22.1 Å². The summed E-state index contributed by atoms with van der Waals surface area (Å²) in [5.74, 6) is 1.69. The maximum Gasteiger partial charge on any atom is 0.573 e. The number of hydrogen-bond acceptors (Lipinski definition) is 5. The van der Waals surface area contributed by atoms with Gasteiger partial charge in [-0.25, -0.2) is 9.98 Å². The summed E-state index contributed by atoms with van der Waals surface area (Å²) in [6.07, 6.45) is -3.08. The van der Waals surface area contributed by atoms with Crippen LogP contribution in [0, 0.1) is 0 Å². The normalized spacial score (nSPS) is 17.3. The fraction of sp³-hybridized carbons (Fsp3) is 0.294. The van der Waals surface area contributed by atoms with E-state index in [0.717, 1.165) is 11.4 Å². The minimum absolute atomic E-state index is 0.267. The molecule has 26 heavy (non-hydrogen) atoms. The maximum atomic E-state index is 12.4. The van der Waals surface area contributed by atoms with E-state index in [4.69, 9.17) is 0 Å². The summed E-state index contributed by atoms with van der Waals surface area (Å²) in [7, 11) is -0.779. The second-order valence-electron chi connectivity index (χ2n) is 5.93. The molecule has 0 amide bonds. The number of benzene rings is 1. The van der Waals surface area contributed by atoms with Crippen LogP contribution in [0.2, 0.25) is 0 Å². The Kier molecular flexibility index (Phi) is 4.18. The van der Waals surface area contributed by atoms with Crippen LogP contribution in [-0.4, -0.2) is 45.9 Å². The van der Waals surface area contributed by atoms with Crippen LogP contribution in [0.5, 0.6) is 5.75 Å². The van der Waals surface area contributed by atoms with Gasteiger partial charge >= 0.3 is 6.36 Å². The smallest absolute Gasteiger partial charge is 0.406 e. The first-order valence-electron chi connectivity index (χ1n) is 7.94. The minimum atomic E-state index is -4.73. The number of pyridine rings is 1. The van der Waals surface area contributed by atoms with E-state index in [0.29, 0.717) is 41.6 Å². The van der Waals surface area contributed by atoms with E-state index in [1.165, 1.54) is 18.2 Å². The van der Waals surface area contributed by atoms with Gasteiger partial charge in [-0.1, -0.05) is 0 Å². The van der Waals surface area contributed by atoms with Gasteiger partial charge in [0, 0.05) is 52.7 Å².